The van der Waals surface area contributed by atoms with E-state index < -0.39 is 0 Å². The first kappa shape index (κ1) is 9.96. The van der Waals surface area contributed by atoms with E-state index in [1.807, 2.05) is 0 Å². The van der Waals surface area contributed by atoms with Gasteiger partial charge in [0.1, 0.15) is 11.8 Å². The third-order valence-electron chi connectivity index (χ3n) is 2.80. The number of nitrogens with two attached hydrogens (primary N) is 1. The maximum atomic E-state index is 5.68. The smallest absolute Gasteiger partial charge is 0.113 e. The minimum absolute atomic E-state index is 0.0396. The van der Waals surface area contributed by atoms with Crippen LogP contribution in [-0.4, -0.2) is 25.4 Å². The summed E-state index contributed by atoms with van der Waals surface area (Å²) in [6.45, 7) is 1.62. The molecule has 0 amide bonds. The van der Waals surface area contributed by atoms with Crippen LogP contribution in [0.25, 0.3) is 0 Å². The van der Waals surface area contributed by atoms with Crippen molar-refractivity contribution in [1.82, 2.24) is 5.43 Å². The van der Waals surface area contributed by atoms with Gasteiger partial charge in [0.25, 0.3) is 0 Å². The Morgan fingerprint density at radius 1 is 1.43 bits per heavy atom. The third-order valence-corrected chi connectivity index (χ3v) is 2.80. The lowest BCUT2D eigenvalue weighted by Gasteiger charge is -2.30. The number of hydrogen-bond donors (Lipinski definition) is 2. The minimum atomic E-state index is 0.0396. The molecule has 3 N–H and O–H groups in total. The molecule has 1 saturated heterocycles. The molecule has 2 aliphatic rings. The number of hydrogen-bond acceptors (Lipinski definition) is 4. The van der Waals surface area contributed by atoms with Gasteiger partial charge in [0.15, 0.2) is 0 Å². The quantitative estimate of drug-likeness (QED) is 0.517. The first-order chi connectivity index (χ1) is 6.92. The van der Waals surface area contributed by atoms with Gasteiger partial charge in [0.05, 0.1) is 12.7 Å². The highest BCUT2D eigenvalue weighted by Crippen LogP contribution is 2.23. The van der Waals surface area contributed by atoms with Crippen molar-refractivity contribution in [3.63, 3.8) is 0 Å². The van der Waals surface area contributed by atoms with E-state index in [2.05, 4.69) is 11.5 Å². The molecular weight excluding hydrogens is 180 g/mol. The van der Waals surface area contributed by atoms with Gasteiger partial charge in [-0.15, -0.1) is 0 Å². The molecule has 2 aliphatic heterocycles. The summed E-state index contributed by atoms with van der Waals surface area (Å²) in [6.07, 6.45) is 6.71. The topological polar surface area (TPSA) is 56.5 Å². The van der Waals surface area contributed by atoms with Gasteiger partial charge in [-0.25, -0.2) is 5.43 Å². The lowest BCUT2D eigenvalue weighted by molar-refractivity contribution is -0.0105. The van der Waals surface area contributed by atoms with E-state index in [0.717, 1.165) is 38.2 Å². The summed E-state index contributed by atoms with van der Waals surface area (Å²) in [6, 6.07) is 0.0396. The zero-order chi connectivity index (χ0) is 9.80. The molecule has 0 aromatic heterocycles. The predicted molar refractivity (Wildman–Crippen MR) is 53.4 cm³/mol. The molecule has 0 bridgehead atoms. The van der Waals surface area contributed by atoms with Crippen LogP contribution in [0.4, 0.5) is 0 Å². The van der Waals surface area contributed by atoms with Crippen LogP contribution in [-0.2, 0) is 9.47 Å². The molecule has 4 nitrogen and oxygen atoms in total. The lowest BCUT2D eigenvalue weighted by atomic mass is 10.0. The summed E-state index contributed by atoms with van der Waals surface area (Å²) >= 11 is 0. The van der Waals surface area contributed by atoms with Crippen molar-refractivity contribution in [3.8, 4) is 0 Å². The van der Waals surface area contributed by atoms with Crippen LogP contribution in [0.3, 0.4) is 0 Å². The van der Waals surface area contributed by atoms with Crippen LogP contribution in [0.15, 0.2) is 11.8 Å². The summed E-state index contributed by atoms with van der Waals surface area (Å²) < 4.78 is 11.2. The van der Waals surface area contributed by atoms with Crippen LogP contribution in [0, 0.1) is 0 Å². The molecule has 80 valence electrons. The first-order valence-electron chi connectivity index (χ1n) is 5.32. The van der Waals surface area contributed by atoms with Crippen molar-refractivity contribution in [3.05, 3.63) is 11.8 Å². The summed E-state index contributed by atoms with van der Waals surface area (Å²) in [5.74, 6) is 6.49. The maximum absolute atomic E-state index is 5.68. The van der Waals surface area contributed by atoms with Crippen LogP contribution in [0.2, 0.25) is 0 Å². The lowest BCUT2D eigenvalue weighted by Crippen LogP contribution is -2.47. The molecule has 4 heteroatoms. The van der Waals surface area contributed by atoms with Gasteiger partial charge in [-0.05, 0) is 25.3 Å². The van der Waals surface area contributed by atoms with Gasteiger partial charge in [-0.1, -0.05) is 0 Å². The molecule has 0 aromatic carbocycles. The van der Waals surface area contributed by atoms with E-state index in [0.29, 0.717) is 0 Å². The molecule has 2 unspecified atom stereocenters. The molecule has 0 saturated carbocycles. The van der Waals surface area contributed by atoms with Gasteiger partial charge in [-0.3, -0.25) is 5.84 Å². The Hall–Kier alpha value is -0.580. The molecule has 0 spiro atoms. The Kier molecular flexibility index (Phi) is 3.39. The second-order valence-corrected chi connectivity index (χ2v) is 3.79. The van der Waals surface area contributed by atoms with Crippen LogP contribution in [0.5, 0.6) is 0 Å². The maximum Gasteiger partial charge on any atom is 0.113 e. The van der Waals surface area contributed by atoms with E-state index in [1.54, 1.807) is 0 Å². The second-order valence-electron chi connectivity index (χ2n) is 3.79. The average Bonchev–Trinajstić information content (AvgIpc) is 2.74. The SMILES string of the molecule is NNC(C1=CCCO1)C1CCCCO1. The number of hydrazine groups is 1. The highest BCUT2D eigenvalue weighted by molar-refractivity contribution is 5.09. The molecule has 1 fully saturated rings. The highest BCUT2D eigenvalue weighted by atomic mass is 16.5. The Labute approximate surface area is 84.4 Å². The van der Waals surface area contributed by atoms with Crippen molar-refractivity contribution >= 4 is 0 Å². The summed E-state index contributed by atoms with van der Waals surface area (Å²) in [5.41, 5.74) is 2.80. The molecule has 0 aromatic rings. The second kappa shape index (κ2) is 4.77. The Morgan fingerprint density at radius 2 is 2.36 bits per heavy atom. The summed E-state index contributed by atoms with van der Waals surface area (Å²) in [4.78, 5) is 0. The molecule has 14 heavy (non-hydrogen) atoms. The molecule has 2 rings (SSSR count). The predicted octanol–water partition coefficient (Wildman–Crippen LogP) is 0.692. The highest BCUT2D eigenvalue weighted by Gasteiger charge is 2.28. The number of nitrogens with one attached hydrogen (secondary N) is 1. The summed E-state index contributed by atoms with van der Waals surface area (Å²) in [5, 5.41) is 0. The van der Waals surface area contributed by atoms with Gasteiger partial charge in [0, 0.05) is 13.0 Å². The Balaban J connectivity index is 1.96. The largest absolute Gasteiger partial charge is 0.496 e. The zero-order valence-electron chi connectivity index (χ0n) is 8.37. The van der Waals surface area contributed by atoms with E-state index in [9.17, 15) is 0 Å². The standard InChI is InChI=1S/C10H18N2O2/c11-12-10(9-5-3-7-14-9)8-4-1-2-6-13-8/h5,8,10,12H,1-4,6-7,11H2. The van der Waals surface area contributed by atoms with Crippen molar-refractivity contribution in [2.45, 2.75) is 37.8 Å². The fraction of sp³-hybridized carbons (Fsp3) is 0.800. The number of ether oxygens (including phenoxy) is 2. The zero-order valence-corrected chi connectivity index (χ0v) is 8.37. The molecule has 2 atom stereocenters. The molecule has 2 heterocycles. The Bertz CT molecular complexity index is 212. The monoisotopic (exact) mass is 198 g/mol. The molecular formula is C10H18N2O2. The minimum Gasteiger partial charge on any atom is -0.496 e. The third kappa shape index (κ3) is 2.08. The van der Waals surface area contributed by atoms with Crippen LogP contribution in [0.1, 0.15) is 25.7 Å². The molecule has 0 aliphatic carbocycles. The van der Waals surface area contributed by atoms with E-state index >= 15 is 0 Å². The van der Waals surface area contributed by atoms with E-state index in [1.165, 1.54) is 6.42 Å². The van der Waals surface area contributed by atoms with E-state index in [-0.39, 0.29) is 12.1 Å². The van der Waals surface area contributed by atoms with Gasteiger partial charge in [-0.2, -0.15) is 0 Å². The van der Waals surface area contributed by atoms with Crippen molar-refractivity contribution in [2.24, 2.45) is 5.84 Å². The van der Waals surface area contributed by atoms with E-state index in [4.69, 9.17) is 15.3 Å². The summed E-state index contributed by atoms with van der Waals surface area (Å²) in [7, 11) is 0. The van der Waals surface area contributed by atoms with Gasteiger partial charge >= 0.3 is 0 Å². The van der Waals surface area contributed by atoms with Gasteiger partial charge in [0.2, 0.25) is 0 Å². The fourth-order valence-corrected chi connectivity index (χ4v) is 2.05. The fourth-order valence-electron chi connectivity index (χ4n) is 2.05. The van der Waals surface area contributed by atoms with Crippen molar-refractivity contribution in [2.75, 3.05) is 13.2 Å². The average molecular weight is 198 g/mol. The van der Waals surface area contributed by atoms with Crippen molar-refractivity contribution in [1.29, 1.82) is 0 Å². The molecule has 0 radical (unpaired) electrons. The van der Waals surface area contributed by atoms with Crippen LogP contribution >= 0.6 is 0 Å². The first-order valence-corrected chi connectivity index (χ1v) is 5.32. The number of rotatable bonds is 3. The van der Waals surface area contributed by atoms with Crippen LogP contribution < -0.4 is 11.3 Å². The normalized spacial score (nSPS) is 29.5. The van der Waals surface area contributed by atoms with Gasteiger partial charge < -0.3 is 9.47 Å². The van der Waals surface area contributed by atoms with Crippen molar-refractivity contribution < 1.29 is 9.47 Å². The Morgan fingerprint density at radius 3 is 2.93 bits per heavy atom.